The fourth-order valence-corrected chi connectivity index (χ4v) is 1.26. The van der Waals surface area contributed by atoms with Gasteiger partial charge in [0, 0.05) is 5.56 Å². The number of aryl methyl sites for hydroxylation is 1. The van der Waals surface area contributed by atoms with Crippen LogP contribution >= 0.6 is 0 Å². The number of benzene rings is 1. The predicted octanol–water partition coefficient (Wildman–Crippen LogP) is 2.51. The van der Waals surface area contributed by atoms with E-state index in [4.69, 9.17) is 5.73 Å². The van der Waals surface area contributed by atoms with Crippen molar-refractivity contribution in [3.63, 3.8) is 0 Å². The van der Waals surface area contributed by atoms with E-state index < -0.39 is 0 Å². The third-order valence-electron chi connectivity index (χ3n) is 2.01. The van der Waals surface area contributed by atoms with Gasteiger partial charge in [0.25, 0.3) is 0 Å². The largest absolute Gasteiger partial charge is 0.508 e. The van der Waals surface area contributed by atoms with Gasteiger partial charge < -0.3 is 10.8 Å². The molecular formula is C13H21NO2. The second-order valence-electron chi connectivity index (χ2n) is 3.56. The molecular weight excluding hydrogens is 202 g/mol. The molecule has 0 fully saturated rings. The summed E-state index contributed by atoms with van der Waals surface area (Å²) in [4.78, 5) is 11.0. The van der Waals surface area contributed by atoms with Crippen LogP contribution < -0.4 is 5.73 Å². The van der Waals surface area contributed by atoms with Crippen LogP contribution in [-0.4, -0.2) is 17.4 Å². The standard InChI is InChI=1S/C11H14O2.C2H7N/c1-3-4-9-5-6-10(8(2)12)7-11(9)13;1-2-3/h5-7,13H,3-4H2,1-2H3;2-3H2,1H3. The molecule has 0 radical (unpaired) electrons. The summed E-state index contributed by atoms with van der Waals surface area (Å²) >= 11 is 0. The molecule has 16 heavy (non-hydrogen) atoms. The minimum atomic E-state index is -0.0154. The van der Waals surface area contributed by atoms with Crippen molar-refractivity contribution in [1.82, 2.24) is 0 Å². The number of rotatable bonds is 3. The van der Waals surface area contributed by atoms with Crippen molar-refractivity contribution in [2.75, 3.05) is 6.54 Å². The molecule has 0 unspecified atom stereocenters. The van der Waals surface area contributed by atoms with Crippen molar-refractivity contribution in [1.29, 1.82) is 0 Å². The molecule has 90 valence electrons. The first-order chi connectivity index (χ1) is 7.56. The summed E-state index contributed by atoms with van der Waals surface area (Å²) in [5.41, 5.74) is 6.32. The van der Waals surface area contributed by atoms with E-state index in [1.54, 1.807) is 6.07 Å². The number of phenols is 1. The second-order valence-corrected chi connectivity index (χ2v) is 3.56. The van der Waals surface area contributed by atoms with Crippen LogP contribution in [0.15, 0.2) is 18.2 Å². The molecule has 0 aliphatic heterocycles. The molecule has 0 aliphatic rings. The summed E-state index contributed by atoms with van der Waals surface area (Å²) in [5.74, 6) is 0.216. The molecule has 0 saturated carbocycles. The lowest BCUT2D eigenvalue weighted by Crippen LogP contribution is -1.93. The highest BCUT2D eigenvalue weighted by molar-refractivity contribution is 5.94. The van der Waals surface area contributed by atoms with Gasteiger partial charge in [-0.1, -0.05) is 32.4 Å². The maximum atomic E-state index is 11.0. The van der Waals surface area contributed by atoms with Gasteiger partial charge in [0.2, 0.25) is 0 Å². The molecule has 0 atom stereocenters. The lowest BCUT2D eigenvalue weighted by atomic mass is 10.0. The summed E-state index contributed by atoms with van der Waals surface area (Å²) in [7, 11) is 0. The van der Waals surface area contributed by atoms with Crippen LogP contribution in [0.1, 0.15) is 43.1 Å². The Labute approximate surface area is 97.3 Å². The van der Waals surface area contributed by atoms with Crippen LogP contribution in [0.4, 0.5) is 0 Å². The van der Waals surface area contributed by atoms with Gasteiger partial charge in [-0.3, -0.25) is 4.79 Å². The van der Waals surface area contributed by atoms with Crippen molar-refractivity contribution < 1.29 is 9.90 Å². The van der Waals surface area contributed by atoms with Crippen molar-refractivity contribution >= 4 is 5.78 Å². The smallest absolute Gasteiger partial charge is 0.159 e. The van der Waals surface area contributed by atoms with Gasteiger partial charge in [0.1, 0.15) is 5.75 Å². The molecule has 3 heteroatoms. The van der Waals surface area contributed by atoms with Crippen LogP contribution in [0.25, 0.3) is 0 Å². The lowest BCUT2D eigenvalue weighted by molar-refractivity contribution is 0.101. The van der Waals surface area contributed by atoms with Crippen molar-refractivity contribution in [3.8, 4) is 5.75 Å². The Kier molecular flexibility index (Phi) is 7.21. The number of hydrogen-bond acceptors (Lipinski definition) is 3. The van der Waals surface area contributed by atoms with Gasteiger partial charge in [-0.2, -0.15) is 0 Å². The number of phenolic OH excluding ortho intramolecular Hbond substituents is 1. The molecule has 0 aliphatic carbocycles. The zero-order valence-corrected chi connectivity index (χ0v) is 10.3. The monoisotopic (exact) mass is 223 g/mol. The average Bonchev–Trinajstić information content (AvgIpc) is 2.22. The second kappa shape index (κ2) is 7.88. The van der Waals surface area contributed by atoms with Gasteiger partial charge in [-0.15, -0.1) is 0 Å². The highest BCUT2D eigenvalue weighted by Crippen LogP contribution is 2.20. The number of ketones is 1. The highest BCUT2D eigenvalue weighted by Gasteiger charge is 2.04. The van der Waals surface area contributed by atoms with Crippen LogP contribution in [0.3, 0.4) is 0 Å². The van der Waals surface area contributed by atoms with Gasteiger partial charge >= 0.3 is 0 Å². The van der Waals surface area contributed by atoms with Crippen molar-refractivity contribution in [2.24, 2.45) is 5.73 Å². The first-order valence-electron chi connectivity index (χ1n) is 5.59. The first-order valence-corrected chi connectivity index (χ1v) is 5.59. The van der Waals surface area contributed by atoms with Crippen LogP contribution in [-0.2, 0) is 6.42 Å². The van der Waals surface area contributed by atoms with E-state index in [1.807, 2.05) is 13.0 Å². The van der Waals surface area contributed by atoms with E-state index in [0.717, 1.165) is 24.9 Å². The Bertz CT molecular complexity index is 335. The molecule has 0 amide bonds. The van der Waals surface area contributed by atoms with E-state index in [1.165, 1.54) is 13.0 Å². The molecule has 0 heterocycles. The SMILES string of the molecule is CCCc1ccc(C(C)=O)cc1O.CCN. The summed E-state index contributed by atoms with van der Waals surface area (Å²) in [6.07, 6.45) is 1.84. The summed E-state index contributed by atoms with van der Waals surface area (Å²) in [6, 6.07) is 5.11. The fraction of sp³-hybridized carbons (Fsp3) is 0.462. The Balaban J connectivity index is 0.000000673. The molecule has 0 aromatic heterocycles. The van der Waals surface area contributed by atoms with E-state index >= 15 is 0 Å². The van der Waals surface area contributed by atoms with Crippen LogP contribution in [0.5, 0.6) is 5.75 Å². The summed E-state index contributed by atoms with van der Waals surface area (Å²) in [5, 5.41) is 9.52. The number of nitrogens with two attached hydrogens (primary N) is 1. The molecule has 1 rings (SSSR count). The lowest BCUT2D eigenvalue weighted by Gasteiger charge is -2.03. The maximum Gasteiger partial charge on any atom is 0.159 e. The highest BCUT2D eigenvalue weighted by atomic mass is 16.3. The Morgan fingerprint density at radius 2 is 1.94 bits per heavy atom. The number of Topliss-reactive ketones (excluding diaryl/α,β-unsaturated/α-hetero) is 1. The van der Waals surface area contributed by atoms with Crippen LogP contribution in [0, 0.1) is 0 Å². The number of aromatic hydroxyl groups is 1. The number of carbonyl (C=O) groups excluding carboxylic acids is 1. The van der Waals surface area contributed by atoms with Gasteiger partial charge in [-0.25, -0.2) is 0 Å². The minimum Gasteiger partial charge on any atom is -0.508 e. The summed E-state index contributed by atoms with van der Waals surface area (Å²) in [6.45, 7) is 6.20. The zero-order valence-electron chi connectivity index (χ0n) is 10.3. The quantitative estimate of drug-likeness (QED) is 0.774. The fourth-order valence-electron chi connectivity index (χ4n) is 1.26. The normalized spacial score (nSPS) is 9.25. The van der Waals surface area contributed by atoms with Crippen molar-refractivity contribution in [3.05, 3.63) is 29.3 Å². The molecule has 0 saturated heterocycles. The Morgan fingerprint density at radius 1 is 1.38 bits per heavy atom. The third-order valence-corrected chi connectivity index (χ3v) is 2.01. The van der Waals surface area contributed by atoms with Gasteiger partial charge in [-0.05, 0) is 31.5 Å². The number of carbonyl (C=O) groups is 1. The summed E-state index contributed by atoms with van der Waals surface area (Å²) < 4.78 is 0. The Hall–Kier alpha value is -1.35. The molecule has 0 spiro atoms. The van der Waals surface area contributed by atoms with E-state index in [9.17, 15) is 9.90 Å². The maximum absolute atomic E-state index is 11.0. The molecule has 0 bridgehead atoms. The van der Waals surface area contributed by atoms with Crippen molar-refractivity contribution in [2.45, 2.75) is 33.6 Å². The molecule has 3 N–H and O–H groups in total. The van der Waals surface area contributed by atoms with E-state index in [0.29, 0.717) is 5.56 Å². The minimum absolute atomic E-state index is 0.0154. The first kappa shape index (κ1) is 14.6. The van der Waals surface area contributed by atoms with Gasteiger partial charge in [0.05, 0.1) is 0 Å². The topological polar surface area (TPSA) is 63.3 Å². The number of hydrogen-bond donors (Lipinski definition) is 2. The zero-order chi connectivity index (χ0) is 12.6. The van der Waals surface area contributed by atoms with E-state index in [-0.39, 0.29) is 11.5 Å². The average molecular weight is 223 g/mol. The van der Waals surface area contributed by atoms with Crippen LogP contribution in [0.2, 0.25) is 0 Å². The Morgan fingerprint density at radius 3 is 2.31 bits per heavy atom. The molecule has 1 aromatic rings. The predicted molar refractivity (Wildman–Crippen MR) is 66.8 cm³/mol. The molecule has 3 nitrogen and oxygen atoms in total. The van der Waals surface area contributed by atoms with Gasteiger partial charge in [0.15, 0.2) is 5.78 Å². The third kappa shape index (κ3) is 4.94. The van der Waals surface area contributed by atoms with E-state index in [2.05, 4.69) is 6.92 Å². The molecule has 1 aromatic carbocycles.